The van der Waals surface area contributed by atoms with Crippen LogP contribution < -0.4 is 0 Å². The first-order valence-corrected chi connectivity index (χ1v) is 6.19. The number of nitrogens with one attached hydrogen (secondary N) is 1. The van der Waals surface area contributed by atoms with E-state index in [4.69, 9.17) is 0 Å². The van der Waals surface area contributed by atoms with Gasteiger partial charge >= 0.3 is 0 Å². The fourth-order valence-electron chi connectivity index (χ4n) is 1.63. The first kappa shape index (κ1) is 11.4. The van der Waals surface area contributed by atoms with Crippen molar-refractivity contribution in [3.63, 3.8) is 0 Å². The minimum atomic E-state index is 0.568. The Morgan fingerprint density at radius 3 is 2.25 bits per heavy atom. The third-order valence-electron chi connectivity index (χ3n) is 2.72. The zero-order valence-corrected chi connectivity index (χ0v) is 11.3. The molecule has 0 saturated carbocycles. The molecule has 0 aliphatic rings. The Balaban J connectivity index is 2.38. The quantitative estimate of drug-likeness (QED) is 0.873. The smallest absolute Gasteiger partial charge is 0.107 e. The highest BCUT2D eigenvalue weighted by atomic mass is 79.9. The van der Waals surface area contributed by atoms with Crippen molar-refractivity contribution in [3.05, 3.63) is 40.0 Å². The molecule has 0 aliphatic carbocycles. The van der Waals surface area contributed by atoms with Gasteiger partial charge < -0.3 is 0 Å². The van der Waals surface area contributed by atoms with E-state index >= 15 is 0 Å². The second kappa shape index (κ2) is 4.42. The molecule has 0 amide bonds. The summed E-state index contributed by atoms with van der Waals surface area (Å²) in [5.41, 5.74) is 4.53. The van der Waals surface area contributed by atoms with E-state index in [-0.39, 0.29) is 0 Å². The van der Waals surface area contributed by atoms with Crippen molar-refractivity contribution in [2.45, 2.75) is 26.7 Å². The summed E-state index contributed by atoms with van der Waals surface area (Å²) >= 11 is 3.54. The van der Waals surface area contributed by atoms with E-state index in [0.29, 0.717) is 5.92 Å². The number of benzene rings is 1. The molecule has 1 aromatic carbocycles. The molecule has 2 aromatic rings. The van der Waals surface area contributed by atoms with Crippen LogP contribution in [0.4, 0.5) is 0 Å². The lowest BCUT2D eigenvalue weighted by atomic mass is 10.0. The van der Waals surface area contributed by atoms with E-state index in [1.165, 1.54) is 5.56 Å². The third kappa shape index (κ3) is 2.05. The highest BCUT2D eigenvalue weighted by Gasteiger charge is 2.09. The van der Waals surface area contributed by atoms with Crippen LogP contribution in [0.15, 0.2) is 28.7 Å². The van der Waals surface area contributed by atoms with E-state index in [1.807, 2.05) is 6.92 Å². The number of aryl methyl sites for hydroxylation is 1. The van der Waals surface area contributed by atoms with Gasteiger partial charge in [0.25, 0.3) is 0 Å². The lowest BCUT2D eigenvalue weighted by molar-refractivity contribution is 0.867. The zero-order chi connectivity index (χ0) is 11.7. The number of H-pyrrole nitrogens is 1. The number of hydrogen-bond donors (Lipinski definition) is 1. The van der Waals surface area contributed by atoms with Gasteiger partial charge in [-0.1, -0.05) is 38.1 Å². The predicted octanol–water partition coefficient (Wildman–Crippen LogP) is 4.27. The van der Waals surface area contributed by atoms with Crippen LogP contribution in [0.2, 0.25) is 0 Å². The fourth-order valence-corrected chi connectivity index (χ4v) is 2.04. The van der Waals surface area contributed by atoms with Crippen molar-refractivity contribution >= 4 is 15.9 Å². The molecule has 1 aromatic heterocycles. The molecule has 0 spiro atoms. The van der Waals surface area contributed by atoms with E-state index in [2.05, 4.69) is 64.2 Å². The number of aromatic nitrogens is 2. The Morgan fingerprint density at radius 1 is 1.19 bits per heavy atom. The number of halogens is 1. The molecular formula is C13H15BrN2. The van der Waals surface area contributed by atoms with Crippen LogP contribution in [0.5, 0.6) is 0 Å². The maximum atomic E-state index is 4.29. The third-order valence-corrected chi connectivity index (χ3v) is 3.69. The molecular weight excluding hydrogens is 264 g/mol. The Hall–Kier alpha value is -1.09. The number of aromatic amines is 1. The molecule has 3 heteroatoms. The highest BCUT2D eigenvalue weighted by Crippen LogP contribution is 2.29. The second-order valence-corrected chi connectivity index (χ2v) is 5.08. The molecule has 0 unspecified atom stereocenters. The Kier molecular flexibility index (Phi) is 3.15. The topological polar surface area (TPSA) is 28.7 Å². The fraction of sp³-hybridized carbons (Fsp3) is 0.308. The number of rotatable bonds is 2. The van der Waals surface area contributed by atoms with Crippen molar-refractivity contribution in [2.75, 3.05) is 0 Å². The Labute approximate surface area is 104 Å². The summed E-state index contributed by atoms with van der Waals surface area (Å²) in [6.45, 7) is 6.40. The zero-order valence-electron chi connectivity index (χ0n) is 9.71. The first-order valence-electron chi connectivity index (χ1n) is 5.40. The van der Waals surface area contributed by atoms with Crippen molar-refractivity contribution in [1.29, 1.82) is 0 Å². The average Bonchev–Trinajstić information content (AvgIpc) is 2.60. The molecule has 2 rings (SSSR count). The summed E-state index contributed by atoms with van der Waals surface area (Å²) < 4.78 is 1.05. The monoisotopic (exact) mass is 278 g/mol. The summed E-state index contributed by atoms with van der Waals surface area (Å²) in [5, 5.41) is 7.26. The number of nitrogens with zero attached hydrogens (tertiary/aromatic N) is 1. The van der Waals surface area contributed by atoms with Crippen LogP contribution in [0.25, 0.3) is 11.3 Å². The van der Waals surface area contributed by atoms with E-state index < -0.39 is 0 Å². The van der Waals surface area contributed by atoms with Gasteiger partial charge in [-0.25, -0.2) is 0 Å². The molecule has 0 saturated heterocycles. The first-order chi connectivity index (χ1) is 7.59. The van der Waals surface area contributed by atoms with Gasteiger partial charge in [-0.2, -0.15) is 5.10 Å². The lowest BCUT2D eigenvalue weighted by Crippen LogP contribution is -1.87. The highest BCUT2D eigenvalue weighted by molar-refractivity contribution is 9.10. The van der Waals surface area contributed by atoms with Gasteiger partial charge in [0, 0.05) is 11.3 Å². The second-order valence-electron chi connectivity index (χ2n) is 4.29. The molecule has 0 bridgehead atoms. The Bertz CT molecular complexity index is 483. The van der Waals surface area contributed by atoms with Gasteiger partial charge in [0.1, 0.15) is 5.69 Å². The van der Waals surface area contributed by atoms with Crippen LogP contribution in [0.1, 0.15) is 31.0 Å². The van der Waals surface area contributed by atoms with E-state index in [9.17, 15) is 0 Å². The maximum absolute atomic E-state index is 4.29. The van der Waals surface area contributed by atoms with Crippen LogP contribution in [-0.4, -0.2) is 10.2 Å². The van der Waals surface area contributed by atoms with Crippen molar-refractivity contribution in [1.82, 2.24) is 10.2 Å². The van der Waals surface area contributed by atoms with Gasteiger partial charge in [0.15, 0.2) is 0 Å². The summed E-state index contributed by atoms with van der Waals surface area (Å²) in [6, 6.07) is 8.57. The van der Waals surface area contributed by atoms with Gasteiger partial charge in [-0.05, 0) is 34.3 Å². The molecule has 0 aliphatic heterocycles. The van der Waals surface area contributed by atoms with Gasteiger partial charge in [-0.15, -0.1) is 0 Å². The molecule has 0 atom stereocenters. The molecule has 1 N–H and O–H groups in total. The SMILES string of the molecule is Cc1[nH]nc(-c2ccc(C(C)C)cc2)c1Br. The molecule has 2 nitrogen and oxygen atoms in total. The van der Waals surface area contributed by atoms with Gasteiger partial charge in [0.2, 0.25) is 0 Å². The van der Waals surface area contributed by atoms with Crippen LogP contribution in [0.3, 0.4) is 0 Å². The predicted molar refractivity (Wildman–Crippen MR) is 70.5 cm³/mol. The number of hydrogen-bond acceptors (Lipinski definition) is 1. The minimum Gasteiger partial charge on any atom is -0.281 e. The standard InChI is InChI=1S/C13H15BrN2/c1-8(2)10-4-6-11(7-5-10)13-12(14)9(3)15-16-13/h4-8H,1-3H3,(H,15,16). The Morgan fingerprint density at radius 2 is 1.81 bits per heavy atom. The van der Waals surface area contributed by atoms with Gasteiger partial charge in [0.05, 0.1) is 4.47 Å². The molecule has 1 heterocycles. The lowest BCUT2D eigenvalue weighted by Gasteiger charge is -2.05. The molecule has 16 heavy (non-hydrogen) atoms. The largest absolute Gasteiger partial charge is 0.281 e. The molecule has 0 fully saturated rings. The van der Waals surface area contributed by atoms with Crippen molar-refractivity contribution in [3.8, 4) is 11.3 Å². The van der Waals surface area contributed by atoms with Crippen molar-refractivity contribution in [2.24, 2.45) is 0 Å². The molecule has 0 radical (unpaired) electrons. The minimum absolute atomic E-state index is 0.568. The van der Waals surface area contributed by atoms with Crippen LogP contribution in [-0.2, 0) is 0 Å². The summed E-state index contributed by atoms with van der Waals surface area (Å²) in [5.74, 6) is 0.568. The maximum Gasteiger partial charge on any atom is 0.107 e. The summed E-state index contributed by atoms with van der Waals surface area (Å²) in [7, 11) is 0. The van der Waals surface area contributed by atoms with Crippen LogP contribution in [0, 0.1) is 6.92 Å². The van der Waals surface area contributed by atoms with E-state index in [0.717, 1.165) is 21.4 Å². The molecule has 84 valence electrons. The normalized spacial score (nSPS) is 11.1. The summed E-state index contributed by atoms with van der Waals surface area (Å²) in [4.78, 5) is 0. The van der Waals surface area contributed by atoms with Gasteiger partial charge in [-0.3, -0.25) is 5.10 Å². The van der Waals surface area contributed by atoms with E-state index in [1.54, 1.807) is 0 Å². The summed E-state index contributed by atoms with van der Waals surface area (Å²) in [6.07, 6.45) is 0. The average molecular weight is 279 g/mol. The van der Waals surface area contributed by atoms with Crippen molar-refractivity contribution < 1.29 is 0 Å². The van der Waals surface area contributed by atoms with Crippen LogP contribution >= 0.6 is 15.9 Å².